The Morgan fingerprint density at radius 3 is 2.16 bits per heavy atom. The summed E-state index contributed by atoms with van der Waals surface area (Å²) in [6.45, 7) is 5.02. The minimum Gasteiger partial charge on any atom is -0.497 e. The van der Waals surface area contributed by atoms with Crippen molar-refractivity contribution in [2.45, 2.75) is 75.9 Å². The molecule has 2 N–H and O–H groups in total. The van der Waals surface area contributed by atoms with Crippen molar-refractivity contribution in [3.8, 4) is 5.75 Å². The topological polar surface area (TPSA) is 105 Å². The Morgan fingerprint density at radius 2 is 1.56 bits per heavy atom. The smallest absolute Gasteiger partial charge is 0.243 e. The number of amides is 2. The van der Waals surface area contributed by atoms with Gasteiger partial charge in [0.05, 0.1) is 12.0 Å². The maximum absolute atomic E-state index is 13.9. The molecule has 1 unspecified atom stereocenters. The Hall–Kier alpha value is -3.69. The van der Waals surface area contributed by atoms with Crippen LogP contribution in [0.25, 0.3) is 0 Å². The first kappa shape index (κ1) is 32.2. The van der Waals surface area contributed by atoms with Gasteiger partial charge in [-0.05, 0) is 72.6 Å². The van der Waals surface area contributed by atoms with Crippen LogP contribution in [-0.4, -0.2) is 50.9 Å². The van der Waals surface area contributed by atoms with Crippen LogP contribution in [0.5, 0.6) is 5.75 Å². The van der Waals surface area contributed by atoms with E-state index >= 15 is 0 Å². The molecule has 9 heteroatoms. The van der Waals surface area contributed by atoms with Gasteiger partial charge in [-0.2, -0.15) is 0 Å². The highest BCUT2D eigenvalue weighted by atomic mass is 32.2. The standard InChI is InChI=1S/C34H43N3O5S/c1-25(2)21-22-35-34(39)32(23-27-7-5-4-6-8-27)37(24-28-9-16-30(42-3)17-10-28)33(38)20-13-26-11-18-31(19-12-26)43(40,41)36-29-14-15-29/h4-12,16-19,25,29,32,36H,13-15,20-24H2,1-3H3,(H,35,39). The summed E-state index contributed by atoms with van der Waals surface area (Å²) in [6.07, 6.45) is 3.56. The molecule has 0 aliphatic heterocycles. The summed E-state index contributed by atoms with van der Waals surface area (Å²) < 4.78 is 33.1. The Balaban J connectivity index is 1.54. The minimum absolute atomic E-state index is 0.0328. The third-order valence-corrected chi connectivity index (χ3v) is 9.10. The SMILES string of the molecule is COc1ccc(CN(C(=O)CCc2ccc(S(=O)(=O)NC3CC3)cc2)C(Cc2ccccc2)C(=O)NCCC(C)C)cc1. The zero-order chi connectivity index (χ0) is 30.8. The Morgan fingerprint density at radius 1 is 0.907 bits per heavy atom. The first-order valence-corrected chi connectivity index (χ1v) is 16.5. The molecule has 1 aliphatic rings. The van der Waals surface area contributed by atoms with Crippen LogP contribution < -0.4 is 14.8 Å². The minimum atomic E-state index is -3.54. The number of ether oxygens (including phenoxy) is 1. The fourth-order valence-corrected chi connectivity index (χ4v) is 6.11. The van der Waals surface area contributed by atoms with Crippen LogP contribution in [0, 0.1) is 5.92 Å². The largest absolute Gasteiger partial charge is 0.497 e. The number of methoxy groups -OCH3 is 1. The highest BCUT2D eigenvalue weighted by molar-refractivity contribution is 7.89. The van der Waals surface area contributed by atoms with Crippen LogP contribution in [0.4, 0.5) is 0 Å². The van der Waals surface area contributed by atoms with Crippen LogP contribution in [0.3, 0.4) is 0 Å². The normalized spacial score (nSPS) is 13.9. The quantitative estimate of drug-likeness (QED) is 0.243. The Bertz CT molecular complexity index is 1440. The van der Waals surface area contributed by atoms with Gasteiger partial charge in [0.25, 0.3) is 0 Å². The maximum atomic E-state index is 13.9. The number of carbonyl (C=O) groups excluding carboxylic acids is 2. The number of carbonyl (C=O) groups is 2. The molecule has 0 bridgehead atoms. The van der Waals surface area contributed by atoms with Crippen LogP contribution in [0.2, 0.25) is 0 Å². The lowest BCUT2D eigenvalue weighted by Crippen LogP contribution is -2.50. The van der Waals surface area contributed by atoms with Crippen molar-refractivity contribution in [3.05, 3.63) is 95.6 Å². The zero-order valence-corrected chi connectivity index (χ0v) is 26.1. The molecule has 1 fully saturated rings. The van der Waals surface area contributed by atoms with Gasteiger partial charge in [0.2, 0.25) is 21.8 Å². The predicted octanol–water partition coefficient (Wildman–Crippen LogP) is 4.87. The first-order valence-electron chi connectivity index (χ1n) is 15.0. The van der Waals surface area contributed by atoms with Crippen LogP contribution in [0.1, 0.15) is 56.2 Å². The number of hydrogen-bond donors (Lipinski definition) is 2. The van der Waals surface area contributed by atoms with Gasteiger partial charge in [-0.1, -0.05) is 68.4 Å². The predicted molar refractivity (Wildman–Crippen MR) is 168 cm³/mol. The molecule has 0 spiro atoms. The van der Waals surface area contributed by atoms with E-state index in [4.69, 9.17) is 4.74 Å². The van der Waals surface area contributed by atoms with Crippen molar-refractivity contribution < 1.29 is 22.7 Å². The molecule has 1 saturated carbocycles. The molecule has 230 valence electrons. The molecule has 1 atom stereocenters. The molecule has 4 rings (SSSR count). The van der Waals surface area contributed by atoms with E-state index in [1.807, 2.05) is 54.6 Å². The second-order valence-electron chi connectivity index (χ2n) is 11.6. The second-order valence-corrected chi connectivity index (χ2v) is 13.3. The van der Waals surface area contributed by atoms with Crippen molar-refractivity contribution in [2.75, 3.05) is 13.7 Å². The van der Waals surface area contributed by atoms with Crippen molar-refractivity contribution in [1.29, 1.82) is 0 Å². The highest BCUT2D eigenvalue weighted by Gasteiger charge is 2.31. The molecule has 0 heterocycles. The summed E-state index contributed by atoms with van der Waals surface area (Å²) in [7, 11) is -1.94. The molecular formula is C34H43N3O5S. The number of sulfonamides is 1. The zero-order valence-electron chi connectivity index (χ0n) is 25.3. The highest BCUT2D eigenvalue weighted by Crippen LogP contribution is 2.23. The number of nitrogens with zero attached hydrogens (tertiary/aromatic N) is 1. The lowest BCUT2D eigenvalue weighted by Gasteiger charge is -2.32. The van der Waals surface area contributed by atoms with Gasteiger partial charge >= 0.3 is 0 Å². The van der Waals surface area contributed by atoms with Crippen molar-refractivity contribution >= 4 is 21.8 Å². The van der Waals surface area contributed by atoms with E-state index in [0.717, 1.165) is 36.0 Å². The van der Waals surface area contributed by atoms with E-state index in [9.17, 15) is 18.0 Å². The van der Waals surface area contributed by atoms with Crippen molar-refractivity contribution in [1.82, 2.24) is 14.9 Å². The fraction of sp³-hybridized carbons (Fsp3) is 0.412. The van der Waals surface area contributed by atoms with E-state index in [1.165, 1.54) is 0 Å². The molecule has 3 aromatic carbocycles. The summed E-state index contributed by atoms with van der Waals surface area (Å²) >= 11 is 0. The van der Waals surface area contributed by atoms with Crippen molar-refractivity contribution in [3.63, 3.8) is 0 Å². The number of aryl methyl sites for hydroxylation is 1. The van der Waals surface area contributed by atoms with E-state index in [2.05, 4.69) is 23.9 Å². The number of hydrogen-bond acceptors (Lipinski definition) is 5. The average molecular weight is 606 g/mol. The van der Waals surface area contributed by atoms with E-state index in [-0.39, 0.29) is 35.7 Å². The number of benzene rings is 3. The molecule has 0 aromatic heterocycles. The van der Waals surface area contributed by atoms with E-state index in [1.54, 1.807) is 36.3 Å². The Kier molecular flexibility index (Phi) is 11.4. The van der Waals surface area contributed by atoms with Gasteiger partial charge in [-0.25, -0.2) is 13.1 Å². The van der Waals surface area contributed by atoms with E-state index in [0.29, 0.717) is 31.1 Å². The second kappa shape index (κ2) is 15.2. The average Bonchev–Trinajstić information content (AvgIpc) is 3.82. The fourth-order valence-electron chi connectivity index (χ4n) is 4.80. The summed E-state index contributed by atoms with van der Waals surface area (Å²) in [5, 5.41) is 3.07. The van der Waals surface area contributed by atoms with Gasteiger partial charge in [-0.15, -0.1) is 0 Å². The van der Waals surface area contributed by atoms with Crippen LogP contribution in [0.15, 0.2) is 83.8 Å². The molecule has 2 amide bonds. The molecule has 8 nitrogen and oxygen atoms in total. The summed E-state index contributed by atoms with van der Waals surface area (Å²) in [5.74, 6) is 0.828. The molecule has 43 heavy (non-hydrogen) atoms. The van der Waals surface area contributed by atoms with Crippen molar-refractivity contribution in [2.24, 2.45) is 5.92 Å². The monoisotopic (exact) mass is 605 g/mol. The van der Waals surface area contributed by atoms with Crippen LogP contribution in [-0.2, 0) is 39.0 Å². The molecular weight excluding hydrogens is 562 g/mol. The van der Waals surface area contributed by atoms with Gasteiger partial charge < -0.3 is 15.0 Å². The third-order valence-electron chi connectivity index (χ3n) is 7.56. The molecule has 0 saturated heterocycles. The summed E-state index contributed by atoms with van der Waals surface area (Å²) in [6, 6.07) is 23.2. The molecule has 0 radical (unpaired) electrons. The lowest BCUT2D eigenvalue weighted by atomic mass is 10.0. The van der Waals surface area contributed by atoms with Gasteiger partial charge in [0.1, 0.15) is 11.8 Å². The third kappa shape index (κ3) is 9.93. The van der Waals surface area contributed by atoms with Gasteiger partial charge in [0.15, 0.2) is 0 Å². The number of rotatable bonds is 16. The Labute approximate surface area is 255 Å². The maximum Gasteiger partial charge on any atom is 0.243 e. The lowest BCUT2D eigenvalue weighted by molar-refractivity contribution is -0.141. The summed E-state index contributed by atoms with van der Waals surface area (Å²) in [4.78, 5) is 29.5. The van der Waals surface area contributed by atoms with Gasteiger partial charge in [-0.3, -0.25) is 9.59 Å². The number of nitrogens with one attached hydrogen (secondary N) is 2. The molecule has 3 aromatic rings. The van der Waals surface area contributed by atoms with Crippen LogP contribution >= 0.6 is 0 Å². The van der Waals surface area contributed by atoms with Gasteiger partial charge in [0, 0.05) is 32.0 Å². The first-order chi connectivity index (χ1) is 20.6. The van der Waals surface area contributed by atoms with E-state index < -0.39 is 16.1 Å². The summed E-state index contributed by atoms with van der Waals surface area (Å²) in [5.41, 5.74) is 2.71. The molecule has 1 aliphatic carbocycles.